The lowest BCUT2D eigenvalue weighted by Gasteiger charge is -2.42. The average Bonchev–Trinajstić information content (AvgIpc) is 3.09. The fourth-order valence-corrected chi connectivity index (χ4v) is 3.45. The van der Waals surface area contributed by atoms with E-state index in [0.29, 0.717) is 42.3 Å². The van der Waals surface area contributed by atoms with Crippen molar-refractivity contribution in [2.75, 3.05) is 31.6 Å². The van der Waals surface area contributed by atoms with E-state index in [9.17, 15) is 9.59 Å². The van der Waals surface area contributed by atoms with Crippen LogP contribution in [0.4, 0.5) is 10.8 Å². The molecule has 1 amide bonds. The molecule has 2 heterocycles. The van der Waals surface area contributed by atoms with Crippen molar-refractivity contribution in [3.8, 4) is 0 Å². The predicted octanol–water partition coefficient (Wildman–Crippen LogP) is 3.70. The predicted molar refractivity (Wildman–Crippen MR) is 109 cm³/mol. The summed E-state index contributed by atoms with van der Waals surface area (Å²) >= 11 is 0. The van der Waals surface area contributed by atoms with Crippen molar-refractivity contribution >= 4 is 29.2 Å². The van der Waals surface area contributed by atoms with E-state index in [4.69, 9.17) is 13.9 Å². The Labute approximate surface area is 170 Å². The van der Waals surface area contributed by atoms with Gasteiger partial charge >= 0.3 is 12.1 Å². The quantitative estimate of drug-likeness (QED) is 0.723. The van der Waals surface area contributed by atoms with Gasteiger partial charge in [-0.2, -0.15) is 4.98 Å². The normalized spacial score (nSPS) is 17.7. The highest BCUT2D eigenvalue weighted by Crippen LogP contribution is 2.28. The van der Waals surface area contributed by atoms with E-state index in [2.05, 4.69) is 18.8 Å². The topological polar surface area (TPSA) is 85.1 Å². The monoisotopic (exact) mass is 403 g/mol. The molecule has 1 atom stereocenters. The number of ether oxygens (including phenoxy) is 2. The number of benzene rings is 1. The lowest BCUT2D eigenvalue weighted by atomic mass is 10.00. The van der Waals surface area contributed by atoms with Crippen LogP contribution >= 0.6 is 0 Å². The highest BCUT2D eigenvalue weighted by molar-refractivity contribution is 6.01. The van der Waals surface area contributed by atoms with Crippen LogP contribution in [-0.2, 0) is 9.47 Å². The maximum atomic E-state index is 12.7. The van der Waals surface area contributed by atoms with Crippen LogP contribution in [0.3, 0.4) is 0 Å². The largest absolute Gasteiger partial charge is 0.465 e. The third-order valence-electron chi connectivity index (χ3n) is 4.90. The van der Waals surface area contributed by atoms with Crippen LogP contribution in [0.25, 0.3) is 11.1 Å². The van der Waals surface area contributed by atoms with Crippen LogP contribution in [0, 0.1) is 5.92 Å². The molecule has 8 heteroatoms. The zero-order valence-electron chi connectivity index (χ0n) is 17.9. The second-order valence-electron chi connectivity index (χ2n) is 8.57. The summed E-state index contributed by atoms with van der Waals surface area (Å²) in [5, 5.41) is 0. The van der Waals surface area contributed by atoms with E-state index < -0.39 is 11.6 Å². The molecular formula is C21H29N3O5. The lowest BCUT2D eigenvalue weighted by molar-refractivity contribution is 0.00851. The van der Waals surface area contributed by atoms with Crippen molar-refractivity contribution in [3.63, 3.8) is 0 Å². The Morgan fingerprint density at radius 3 is 2.59 bits per heavy atom. The van der Waals surface area contributed by atoms with Crippen LogP contribution in [0.5, 0.6) is 0 Å². The molecular weight excluding hydrogens is 374 g/mol. The smallest absolute Gasteiger partial charge is 0.410 e. The zero-order chi connectivity index (χ0) is 21.3. The van der Waals surface area contributed by atoms with Gasteiger partial charge in [0.25, 0.3) is 6.01 Å². The molecule has 0 radical (unpaired) electrons. The minimum absolute atomic E-state index is 0.0475. The molecule has 0 N–H and O–H groups in total. The number of hydrogen-bond donors (Lipinski definition) is 0. The van der Waals surface area contributed by atoms with E-state index in [1.165, 1.54) is 7.11 Å². The minimum atomic E-state index is -0.541. The number of nitrogens with zero attached hydrogens (tertiary/aromatic N) is 3. The number of fused-ring (bicyclic) bond motifs is 1. The van der Waals surface area contributed by atoms with E-state index in [-0.39, 0.29) is 18.1 Å². The lowest BCUT2D eigenvalue weighted by Crippen LogP contribution is -2.58. The Bertz CT molecular complexity index is 899. The summed E-state index contributed by atoms with van der Waals surface area (Å²) in [4.78, 5) is 33.0. The Kier molecular flexibility index (Phi) is 5.73. The number of amides is 1. The highest BCUT2D eigenvalue weighted by atomic mass is 16.6. The molecule has 0 aliphatic carbocycles. The van der Waals surface area contributed by atoms with Crippen molar-refractivity contribution in [2.24, 2.45) is 5.92 Å². The molecule has 29 heavy (non-hydrogen) atoms. The molecule has 1 aromatic carbocycles. The molecule has 1 aliphatic heterocycles. The number of anilines is 1. The molecule has 2 aromatic rings. The molecule has 0 unspecified atom stereocenters. The summed E-state index contributed by atoms with van der Waals surface area (Å²) in [5.74, 6) is -0.231. The maximum Gasteiger partial charge on any atom is 0.410 e. The van der Waals surface area contributed by atoms with E-state index in [1.54, 1.807) is 23.1 Å². The number of hydrogen-bond acceptors (Lipinski definition) is 7. The summed E-state index contributed by atoms with van der Waals surface area (Å²) in [6, 6.07) is 5.56. The maximum absolute atomic E-state index is 12.7. The van der Waals surface area contributed by atoms with Gasteiger partial charge in [0.15, 0.2) is 5.58 Å². The van der Waals surface area contributed by atoms with Crippen LogP contribution < -0.4 is 4.90 Å². The van der Waals surface area contributed by atoms with Crippen LogP contribution in [0.2, 0.25) is 0 Å². The summed E-state index contributed by atoms with van der Waals surface area (Å²) < 4.78 is 16.3. The van der Waals surface area contributed by atoms with Gasteiger partial charge in [-0.1, -0.05) is 19.9 Å². The van der Waals surface area contributed by atoms with Gasteiger partial charge in [0, 0.05) is 19.6 Å². The third kappa shape index (κ3) is 4.46. The van der Waals surface area contributed by atoms with Gasteiger partial charge in [0.2, 0.25) is 0 Å². The standard InChI is InChI=1S/C21H29N3O5/c1-13(2)15-12-23(10-11-24(15)20(26)29-21(3,4)5)19-22-17-14(18(25)27-6)8-7-9-16(17)28-19/h7-9,13,15H,10-12H2,1-6H3/t15-/m1/s1. The number of piperazine rings is 1. The van der Waals surface area contributed by atoms with Gasteiger partial charge in [-0.05, 0) is 38.8 Å². The fourth-order valence-electron chi connectivity index (χ4n) is 3.45. The summed E-state index contributed by atoms with van der Waals surface area (Å²) in [7, 11) is 1.34. The van der Waals surface area contributed by atoms with Crippen molar-refractivity contribution in [3.05, 3.63) is 23.8 Å². The zero-order valence-corrected chi connectivity index (χ0v) is 17.9. The van der Waals surface area contributed by atoms with Crippen LogP contribution in [0.1, 0.15) is 45.0 Å². The second-order valence-corrected chi connectivity index (χ2v) is 8.57. The molecule has 0 saturated carbocycles. The van der Waals surface area contributed by atoms with Crippen LogP contribution in [-0.4, -0.2) is 60.3 Å². The molecule has 1 aliphatic rings. The first kappa shape index (κ1) is 21.0. The first-order chi connectivity index (χ1) is 13.6. The summed E-state index contributed by atoms with van der Waals surface area (Å²) in [6.45, 7) is 11.4. The van der Waals surface area contributed by atoms with Gasteiger partial charge in [-0.15, -0.1) is 0 Å². The number of esters is 1. The second kappa shape index (κ2) is 7.93. The van der Waals surface area contributed by atoms with Gasteiger partial charge in [-0.25, -0.2) is 9.59 Å². The number of rotatable bonds is 3. The fraction of sp³-hybridized carbons (Fsp3) is 0.571. The Morgan fingerprint density at radius 1 is 1.24 bits per heavy atom. The van der Waals surface area contributed by atoms with Crippen molar-refractivity contribution in [2.45, 2.75) is 46.3 Å². The van der Waals surface area contributed by atoms with Gasteiger partial charge in [0.1, 0.15) is 11.1 Å². The van der Waals surface area contributed by atoms with Crippen molar-refractivity contribution in [1.82, 2.24) is 9.88 Å². The molecule has 1 saturated heterocycles. The molecule has 1 aromatic heterocycles. The SMILES string of the molecule is COC(=O)c1cccc2oc(N3CCN(C(=O)OC(C)(C)C)[C@@H](C(C)C)C3)nc12. The van der Waals surface area contributed by atoms with E-state index in [1.807, 2.05) is 25.7 Å². The van der Waals surface area contributed by atoms with E-state index >= 15 is 0 Å². The molecule has 8 nitrogen and oxygen atoms in total. The Hall–Kier alpha value is -2.77. The number of aromatic nitrogens is 1. The summed E-state index contributed by atoms with van der Waals surface area (Å²) in [5.41, 5.74) is 0.830. The van der Waals surface area contributed by atoms with Gasteiger partial charge < -0.3 is 23.7 Å². The number of para-hydroxylation sites is 1. The average molecular weight is 403 g/mol. The van der Waals surface area contributed by atoms with Crippen LogP contribution in [0.15, 0.2) is 22.6 Å². The summed E-state index contributed by atoms with van der Waals surface area (Å²) in [6.07, 6.45) is -0.304. The first-order valence-electron chi connectivity index (χ1n) is 9.83. The number of carbonyl (C=O) groups is 2. The molecule has 3 rings (SSSR count). The Balaban J connectivity index is 1.85. The number of methoxy groups -OCH3 is 1. The molecule has 0 spiro atoms. The van der Waals surface area contributed by atoms with E-state index in [0.717, 1.165) is 0 Å². The number of carbonyl (C=O) groups excluding carboxylic acids is 2. The van der Waals surface area contributed by atoms with Gasteiger partial charge in [0.05, 0.1) is 18.7 Å². The Morgan fingerprint density at radius 2 is 1.97 bits per heavy atom. The van der Waals surface area contributed by atoms with Gasteiger partial charge in [-0.3, -0.25) is 0 Å². The van der Waals surface area contributed by atoms with Crippen molar-refractivity contribution in [1.29, 1.82) is 0 Å². The highest BCUT2D eigenvalue weighted by Gasteiger charge is 2.36. The molecule has 158 valence electrons. The minimum Gasteiger partial charge on any atom is -0.465 e. The third-order valence-corrected chi connectivity index (χ3v) is 4.90. The van der Waals surface area contributed by atoms with Crippen molar-refractivity contribution < 1.29 is 23.5 Å². The number of oxazole rings is 1. The molecule has 0 bridgehead atoms. The first-order valence-corrected chi connectivity index (χ1v) is 9.83. The molecule has 1 fully saturated rings.